The Morgan fingerprint density at radius 2 is 2.12 bits per heavy atom. The van der Waals surface area contributed by atoms with Crippen LogP contribution in [0.4, 0.5) is 4.79 Å². The molecule has 2 aromatic rings. The molecule has 128 valence electrons. The van der Waals surface area contributed by atoms with Crippen molar-refractivity contribution in [1.29, 1.82) is 0 Å². The lowest BCUT2D eigenvalue weighted by atomic mass is 10.2. The molecule has 0 aliphatic carbocycles. The van der Waals surface area contributed by atoms with Crippen LogP contribution in [0.25, 0.3) is 0 Å². The van der Waals surface area contributed by atoms with Gasteiger partial charge in [-0.1, -0.05) is 30.3 Å². The van der Waals surface area contributed by atoms with Crippen molar-refractivity contribution < 1.29 is 19.4 Å². The third-order valence-corrected chi connectivity index (χ3v) is 3.92. The average Bonchev–Trinajstić information content (AvgIpc) is 3.21. The highest BCUT2D eigenvalue weighted by molar-refractivity contribution is 5.68. The number of ether oxygens (including phenoxy) is 2. The first-order valence-electron chi connectivity index (χ1n) is 7.98. The minimum atomic E-state index is -0.751. The van der Waals surface area contributed by atoms with Crippen molar-refractivity contribution in [2.75, 3.05) is 13.1 Å². The van der Waals surface area contributed by atoms with Crippen LogP contribution in [0, 0.1) is 0 Å². The van der Waals surface area contributed by atoms with Gasteiger partial charge in [0.2, 0.25) is 0 Å². The van der Waals surface area contributed by atoms with Gasteiger partial charge in [-0.3, -0.25) is 4.68 Å². The summed E-state index contributed by atoms with van der Waals surface area (Å²) in [6.45, 7) is 3.41. The molecule has 1 amide bonds. The smallest absolute Gasteiger partial charge is 0.410 e. The minimum Gasteiger partial charge on any atom is -0.482 e. The van der Waals surface area contributed by atoms with Gasteiger partial charge in [-0.05, 0) is 12.5 Å². The van der Waals surface area contributed by atoms with E-state index >= 15 is 0 Å². The molecule has 0 unspecified atom stereocenters. The van der Waals surface area contributed by atoms with E-state index in [9.17, 15) is 9.90 Å². The van der Waals surface area contributed by atoms with Gasteiger partial charge in [-0.15, -0.1) is 0 Å². The average molecular weight is 331 g/mol. The van der Waals surface area contributed by atoms with Crippen molar-refractivity contribution in [3.63, 3.8) is 0 Å². The van der Waals surface area contributed by atoms with E-state index in [0.717, 1.165) is 12.1 Å². The number of β-amino-alcohol motifs (C(OH)–C–C–N with tert-alkyl or cyclic N) is 1. The van der Waals surface area contributed by atoms with Gasteiger partial charge in [-0.25, -0.2) is 4.79 Å². The monoisotopic (exact) mass is 331 g/mol. The Morgan fingerprint density at radius 3 is 2.83 bits per heavy atom. The summed E-state index contributed by atoms with van der Waals surface area (Å²) in [6.07, 6.45) is 1.69. The lowest BCUT2D eigenvalue weighted by Crippen LogP contribution is -2.31. The molecule has 1 aromatic carbocycles. The molecule has 1 aromatic heterocycles. The fraction of sp³-hybridized carbons (Fsp3) is 0.412. The normalized spacial score (nSPS) is 20.2. The largest absolute Gasteiger partial charge is 0.482 e. The number of aliphatic hydroxyl groups is 1. The van der Waals surface area contributed by atoms with Crippen LogP contribution < -0.4 is 4.74 Å². The summed E-state index contributed by atoms with van der Waals surface area (Å²) in [5.41, 5.74) is 0.922. The molecule has 7 nitrogen and oxygen atoms in total. The number of amides is 1. The highest BCUT2D eigenvalue weighted by atomic mass is 16.6. The van der Waals surface area contributed by atoms with Gasteiger partial charge in [0.15, 0.2) is 5.75 Å². The van der Waals surface area contributed by atoms with E-state index in [1.54, 1.807) is 17.1 Å². The lowest BCUT2D eigenvalue weighted by molar-refractivity contribution is 0.0734. The van der Waals surface area contributed by atoms with E-state index in [1.807, 2.05) is 37.3 Å². The fourth-order valence-corrected chi connectivity index (χ4v) is 2.59. The molecule has 1 fully saturated rings. The van der Waals surface area contributed by atoms with Crippen LogP contribution in [0.2, 0.25) is 0 Å². The Labute approximate surface area is 140 Å². The summed E-state index contributed by atoms with van der Waals surface area (Å²) in [5.74, 6) is 0.584. The lowest BCUT2D eigenvalue weighted by Gasteiger charge is -2.16. The van der Waals surface area contributed by atoms with Crippen molar-refractivity contribution >= 4 is 6.09 Å². The molecule has 2 atom stereocenters. The summed E-state index contributed by atoms with van der Waals surface area (Å²) < 4.78 is 12.8. The van der Waals surface area contributed by atoms with Gasteiger partial charge < -0.3 is 19.5 Å². The van der Waals surface area contributed by atoms with Crippen LogP contribution in [-0.4, -0.2) is 51.2 Å². The maximum atomic E-state index is 12.1. The van der Waals surface area contributed by atoms with Crippen molar-refractivity contribution in [2.45, 2.75) is 32.3 Å². The first-order valence-corrected chi connectivity index (χ1v) is 7.98. The van der Waals surface area contributed by atoms with Gasteiger partial charge in [0.25, 0.3) is 0 Å². The van der Waals surface area contributed by atoms with Gasteiger partial charge in [0.05, 0.1) is 25.5 Å². The molecular weight excluding hydrogens is 310 g/mol. The van der Waals surface area contributed by atoms with Crippen LogP contribution in [0.5, 0.6) is 5.75 Å². The molecule has 3 rings (SSSR count). The number of aromatic nitrogens is 2. The second-order valence-electron chi connectivity index (χ2n) is 5.70. The summed E-state index contributed by atoms with van der Waals surface area (Å²) in [5, 5.41) is 14.2. The van der Waals surface area contributed by atoms with Gasteiger partial charge in [0.1, 0.15) is 18.8 Å². The maximum absolute atomic E-state index is 12.1. The molecule has 1 N–H and O–H groups in total. The summed E-state index contributed by atoms with van der Waals surface area (Å²) in [7, 11) is 0. The minimum absolute atomic E-state index is 0.195. The Hall–Kier alpha value is -2.54. The Kier molecular flexibility index (Phi) is 5.00. The summed E-state index contributed by atoms with van der Waals surface area (Å²) in [6, 6.07) is 9.48. The van der Waals surface area contributed by atoms with E-state index in [2.05, 4.69) is 5.10 Å². The SMILES string of the molecule is CCn1cc(O[C@@H]2CN(C(=O)OCc3ccccc3)C[C@H]2O)cn1. The molecule has 0 radical (unpaired) electrons. The predicted molar refractivity (Wildman–Crippen MR) is 86.5 cm³/mol. The van der Waals surface area contributed by atoms with Crippen LogP contribution in [0.1, 0.15) is 12.5 Å². The van der Waals surface area contributed by atoms with Gasteiger partial charge in [0, 0.05) is 6.54 Å². The third kappa shape index (κ3) is 3.86. The predicted octanol–water partition coefficient (Wildman–Crippen LogP) is 1.66. The highest BCUT2D eigenvalue weighted by Gasteiger charge is 2.36. The molecule has 1 aliphatic rings. The zero-order valence-electron chi connectivity index (χ0n) is 13.5. The van der Waals surface area contributed by atoms with Crippen LogP contribution in [0.3, 0.4) is 0 Å². The molecule has 1 aliphatic heterocycles. The molecule has 2 heterocycles. The number of hydrogen-bond donors (Lipinski definition) is 1. The van der Waals surface area contributed by atoms with Gasteiger partial charge >= 0.3 is 6.09 Å². The first kappa shape index (κ1) is 16.3. The number of benzene rings is 1. The van der Waals surface area contributed by atoms with E-state index in [1.165, 1.54) is 4.90 Å². The number of carbonyl (C=O) groups is 1. The molecule has 0 bridgehead atoms. The highest BCUT2D eigenvalue weighted by Crippen LogP contribution is 2.19. The zero-order chi connectivity index (χ0) is 16.9. The molecule has 1 saturated heterocycles. The van der Waals surface area contributed by atoms with Crippen LogP contribution in [-0.2, 0) is 17.9 Å². The van der Waals surface area contributed by atoms with Crippen molar-refractivity contribution in [2.24, 2.45) is 0 Å². The quantitative estimate of drug-likeness (QED) is 0.902. The number of hydrogen-bond acceptors (Lipinski definition) is 5. The van der Waals surface area contributed by atoms with Crippen molar-refractivity contribution in [3.05, 3.63) is 48.3 Å². The number of rotatable bonds is 5. The summed E-state index contributed by atoms with van der Waals surface area (Å²) >= 11 is 0. The maximum Gasteiger partial charge on any atom is 0.410 e. The van der Waals surface area contributed by atoms with Crippen molar-refractivity contribution in [1.82, 2.24) is 14.7 Å². The van der Waals surface area contributed by atoms with Crippen LogP contribution >= 0.6 is 0 Å². The zero-order valence-corrected chi connectivity index (χ0v) is 13.5. The number of nitrogens with zero attached hydrogens (tertiary/aromatic N) is 3. The molecule has 0 spiro atoms. The number of likely N-dealkylation sites (tertiary alicyclic amines) is 1. The van der Waals surface area contributed by atoms with Crippen molar-refractivity contribution in [3.8, 4) is 5.75 Å². The molecular formula is C17H21N3O4. The van der Waals surface area contributed by atoms with E-state index in [0.29, 0.717) is 5.75 Å². The van der Waals surface area contributed by atoms with Gasteiger partial charge in [-0.2, -0.15) is 5.10 Å². The summed E-state index contributed by atoms with van der Waals surface area (Å²) in [4.78, 5) is 13.6. The first-order chi connectivity index (χ1) is 11.7. The standard InChI is InChI=1S/C17H21N3O4/c1-2-20-9-14(8-18-20)24-16-11-19(10-15(16)21)17(22)23-12-13-6-4-3-5-7-13/h3-9,15-16,21H,2,10-12H2,1H3/t15-,16-/m1/s1. The Bertz CT molecular complexity index is 673. The topological polar surface area (TPSA) is 76.8 Å². The molecule has 7 heteroatoms. The van der Waals surface area contributed by atoms with E-state index < -0.39 is 18.3 Å². The second-order valence-corrected chi connectivity index (χ2v) is 5.70. The molecule has 0 saturated carbocycles. The fourth-order valence-electron chi connectivity index (χ4n) is 2.59. The van der Waals surface area contributed by atoms with Crippen LogP contribution in [0.15, 0.2) is 42.7 Å². The number of carbonyl (C=O) groups excluding carboxylic acids is 1. The Balaban J connectivity index is 1.51. The molecule has 24 heavy (non-hydrogen) atoms. The number of aryl methyl sites for hydroxylation is 1. The Morgan fingerprint density at radius 1 is 1.33 bits per heavy atom. The number of aliphatic hydroxyl groups excluding tert-OH is 1. The van der Waals surface area contributed by atoms with E-state index in [-0.39, 0.29) is 19.7 Å². The third-order valence-electron chi connectivity index (χ3n) is 3.92. The second kappa shape index (κ2) is 7.35. The van der Waals surface area contributed by atoms with E-state index in [4.69, 9.17) is 9.47 Å².